The molecular weight excluding hydrogens is 246 g/mol. The van der Waals surface area contributed by atoms with Gasteiger partial charge in [-0.05, 0) is 24.1 Å². The van der Waals surface area contributed by atoms with Crippen molar-refractivity contribution in [3.8, 4) is 0 Å². The number of benzene rings is 1. The Morgan fingerprint density at radius 2 is 2.07 bits per heavy atom. The Hall–Kier alpha value is -1.03. The van der Waals surface area contributed by atoms with Crippen molar-refractivity contribution in [2.24, 2.45) is 0 Å². The van der Waals surface area contributed by atoms with Crippen LogP contribution in [0.5, 0.6) is 0 Å². The lowest BCUT2D eigenvalue weighted by atomic mass is 10.1. The lowest BCUT2D eigenvalue weighted by molar-refractivity contribution is 0.189. The summed E-state index contributed by atoms with van der Waals surface area (Å²) in [6.45, 7) is 1.95. The number of amides is 1. The molecule has 0 aliphatic rings. The van der Waals surface area contributed by atoms with Crippen molar-refractivity contribution >= 4 is 22.0 Å². The first kappa shape index (κ1) is 11.0. The van der Waals surface area contributed by atoms with Crippen LogP contribution < -0.4 is 5.32 Å². The number of rotatable bonds is 3. The Bertz CT molecular complexity index is 310. The molecule has 0 saturated carbocycles. The van der Waals surface area contributed by atoms with Crippen LogP contribution in [0.2, 0.25) is 0 Å². The maximum Gasteiger partial charge on any atom is 0.405 e. The Labute approximate surface area is 91.3 Å². The summed E-state index contributed by atoms with van der Waals surface area (Å²) in [6.07, 6.45) is -0.242. The minimum atomic E-state index is -0.986. The molecule has 0 fully saturated rings. The van der Waals surface area contributed by atoms with E-state index in [1.807, 2.05) is 31.2 Å². The van der Waals surface area contributed by atoms with E-state index >= 15 is 0 Å². The van der Waals surface area contributed by atoms with Crippen molar-refractivity contribution < 1.29 is 9.90 Å². The zero-order valence-corrected chi connectivity index (χ0v) is 9.41. The molecule has 1 aromatic rings. The molecule has 0 aliphatic heterocycles. The average molecular weight is 258 g/mol. The van der Waals surface area contributed by atoms with E-state index in [0.717, 1.165) is 16.5 Å². The maximum absolute atomic E-state index is 10.5. The van der Waals surface area contributed by atoms with Gasteiger partial charge in [-0.3, -0.25) is 0 Å². The van der Waals surface area contributed by atoms with Gasteiger partial charge in [0.2, 0.25) is 0 Å². The van der Waals surface area contributed by atoms with Gasteiger partial charge in [-0.15, -0.1) is 0 Å². The number of halogens is 1. The summed E-state index contributed by atoms with van der Waals surface area (Å²) in [6, 6.07) is 7.51. The van der Waals surface area contributed by atoms with E-state index in [0.29, 0.717) is 0 Å². The van der Waals surface area contributed by atoms with Crippen LogP contribution in [0.25, 0.3) is 0 Å². The van der Waals surface area contributed by atoms with E-state index in [2.05, 4.69) is 21.2 Å². The molecule has 76 valence electrons. The zero-order chi connectivity index (χ0) is 10.6. The normalized spacial score (nSPS) is 12.1. The van der Waals surface area contributed by atoms with Crippen LogP contribution in [0.3, 0.4) is 0 Å². The highest BCUT2D eigenvalue weighted by atomic mass is 79.9. The van der Waals surface area contributed by atoms with Crippen LogP contribution in [0.4, 0.5) is 4.79 Å². The van der Waals surface area contributed by atoms with E-state index in [9.17, 15) is 4.79 Å². The van der Waals surface area contributed by atoms with Gasteiger partial charge < -0.3 is 10.4 Å². The van der Waals surface area contributed by atoms with Crippen molar-refractivity contribution in [1.29, 1.82) is 0 Å². The van der Waals surface area contributed by atoms with Crippen LogP contribution in [0.1, 0.15) is 24.9 Å². The smallest absolute Gasteiger partial charge is 0.405 e. The van der Waals surface area contributed by atoms with Gasteiger partial charge in [-0.2, -0.15) is 0 Å². The van der Waals surface area contributed by atoms with Crippen molar-refractivity contribution in [2.75, 3.05) is 0 Å². The number of carboxylic acid groups (broad SMARTS) is 1. The molecule has 2 N–H and O–H groups in total. The van der Waals surface area contributed by atoms with Crippen molar-refractivity contribution in [3.63, 3.8) is 0 Å². The standard InChI is InChI=1S/C10H12BrNO2/c1-2-9(12-10(13)14)7-3-5-8(11)6-4-7/h3-6,9,12H,2H2,1H3,(H,13,14)/t9-/m1/s1. The molecule has 1 amide bonds. The SMILES string of the molecule is CC[C@@H](NC(=O)O)c1ccc(Br)cc1. The van der Waals surface area contributed by atoms with Crippen LogP contribution in [0, 0.1) is 0 Å². The largest absolute Gasteiger partial charge is 0.465 e. The third kappa shape index (κ3) is 3.03. The fourth-order valence-corrected chi connectivity index (χ4v) is 1.53. The summed E-state index contributed by atoms with van der Waals surface area (Å²) in [5.41, 5.74) is 0.984. The lowest BCUT2D eigenvalue weighted by Gasteiger charge is -2.14. The molecule has 0 radical (unpaired) electrons. The van der Waals surface area contributed by atoms with Crippen molar-refractivity contribution in [3.05, 3.63) is 34.3 Å². The Kier molecular flexibility index (Phi) is 3.95. The molecule has 3 nitrogen and oxygen atoms in total. The number of carbonyl (C=O) groups is 1. The first-order valence-electron chi connectivity index (χ1n) is 4.38. The van der Waals surface area contributed by atoms with Gasteiger partial charge in [-0.1, -0.05) is 35.0 Å². The molecule has 4 heteroatoms. The van der Waals surface area contributed by atoms with E-state index in [-0.39, 0.29) is 6.04 Å². The lowest BCUT2D eigenvalue weighted by Crippen LogP contribution is -2.26. The maximum atomic E-state index is 10.5. The fraction of sp³-hybridized carbons (Fsp3) is 0.300. The van der Waals surface area contributed by atoms with Gasteiger partial charge >= 0.3 is 6.09 Å². The molecule has 14 heavy (non-hydrogen) atoms. The molecule has 1 aromatic carbocycles. The summed E-state index contributed by atoms with van der Waals surface area (Å²) in [4.78, 5) is 10.5. The van der Waals surface area contributed by atoms with E-state index in [1.54, 1.807) is 0 Å². The van der Waals surface area contributed by atoms with Gasteiger partial charge in [0.25, 0.3) is 0 Å². The molecule has 0 heterocycles. The summed E-state index contributed by atoms with van der Waals surface area (Å²) in [7, 11) is 0. The average Bonchev–Trinajstić information content (AvgIpc) is 2.15. The summed E-state index contributed by atoms with van der Waals surface area (Å²) < 4.78 is 0.992. The first-order valence-corrected chi connectivity index (χ1v) is 5.17. The van der Waals surface area contributed by atoms with Gasteiger partial charge in [0.1, 0.15) is 0 Å². The third-order valence-electron chi connectivity index (χ3n) is 1.98. The zero-order valence-electron chi connectivity index (χ0n) is 7.83. The number of hydrogen-bond donors (Lipinski definition) is 2. The van der Waals surface area contributed by atoms with Crippen LogP contribution in [-0.4, -0.2) is 11.2 Å². The fourth-order valence-electron chi connectivity index (χ4n) is 1.27. The minimum absolute atomic E-state index is 0.124. The molecule has 1 atom stereocenters. The molecular formula is C10H12BrNO2. The second-order valence-corrected chi connectivity index (χ2v) is 3.88. The summed E-state index contributed by atoms with van der Waals surface area (Å²) >= 11 is 3.33. The van der Waals surface area contributed by atoms with Gasteiger partial charge in [0.15, 0.2) is 0 Å². The number of nitrogens with one attached hydrogen (secondary N) is 1. The molecule has 1 rings (SSSR count). The molecule has 0 aliphatic carbocycles. The van der Waals surface area contributed by atoms with Crippen LogP contribution in [-0.2, 0) is 0 Å². The topological polar surface area (TPSA) is 49.3 Å². The molecule has 0 aromatic heterocycles. The molecule has 0 saturated heterocycles. The highest BCUT2D eigenvalue weighted by Crippen LogP contribution is 2.19. The Morgan fingerprint density at radius 1 is 1.50 bits per heavy atom. The van der Waals surface area contributed by atoms with Crippen molar-refractivity contribution in [2.45, 2.75) is 19.4 Å². The Balaban J connectivity index is 2.78. The highest BCUT2D eigenvalue weighted by molar-refractivity contribution is 9.10. The summed E-state index contributed by atoms with van der Waals surface area (Å²) in [5.74, 6) is 0. The monoisotopic (exact) mass is 257 g/mol. The van der Waals surface area contributed by atoms with Gasteiger partial charge in [0, 0.05) is 4.47 Å². The molecule has 0 unspecified atom stereocenters. The second-order valence-electron chi connectivity index (χ2n) is 2.96. The van der Waals surface area contributed by atoms with E-state index < -0.39 is 6.09 Å². The predicted molar refractivity (Wildman–Crippen MR) is 58.3 cm³/mol. The Morgan fingerprint density at radius 3 is 2.50 bits per heavy atom. The van der Waals surface area contributed by atoms with Crippen molar-refractivity contribution in [1.82, 2.24) is 5.32 Å². The van der Waals surface area contributed by atoms with Crippen LogP contribution in [0.15, 0.2) is 28.7 Å². The first-order chi connectivity index (χ1) is 6.63. The third-order valence-corrected chi connectivity index (χ3v) is 2.51. The summed E-state index contributed by atoms with van der Waals surface area (Å²) in [5, 5.41) is 11.1. The van der Waals surface area contributed by atoms with Gasteiger partial charge in [0.05, 0.1) is 6.04 Å². The van der Waals surface area contributed by atoms with E-state index in [1.165, 1.54) is 0 Å². The van der Waals surface area contributed by atoms with Gasteiger partial charge in [-0.25, -0.2) is 4.79 Å². The predicted octanol–water partition coefficient (Wildman–Crippen LogP) is 3.17. The quantitative estimate of drug-likeness (QED) is 0.874. The van der Waals surface area contributed by atoms with E-state index in [4.69, 9.17) is 5.11 Å². The minimum Gasteiger partial charge on any atom is -0.465 e. The van der Waals surface area contributed by atoms with Crippen LogP contribution >= 0.6 is 15.9 Å². The molecule has 0 bridgehead atoms. The second kappa shape index (κ2) is 5.00. The molecule has 0 spiro atoms. The highest BCUT2D eigenvalue weighted by Gasteiger charge is 2.10. The number of hydrogen-bond acceptors (Lipinski definition) is 1.